The zero-order valence-electron chi connectivity index (χ0n) is 10.8. The summed E-state index contributed by atoms with van der Waals surface area (Å²) in [6.45, 7) is 5.66. The molecule has 3 heteroatoms. The van der Waals surface area contributed by atoms with Gasteiger partial charge in [-0.05, 0) is 44.6 Å². The number of ether oxygens (including phenoxy) is 1. The molecule has 1 aromatic rings. The molecule has 1 unspecified atom stereocenters. The maximum Gasteiger partial charge on any atom is 0.123 e. The lowest BCUT2D eigenvalue weighted by Crippen LogP contribution is -2.24. The first-order valence-corrected chi connectivity index (χ1v) is 6.05. The fourth-order valence-corrected chi connectivity index (χ4v) is 1.82. The topological polar surface area (TPSA) is 36.3 Å². The van der Waals surface area contributed by atoms with Crippen molar-refractivity contribution in [2.45, 2.75) is 26.3 Å². The van der Waals surface area contributed by atoms with Gasteiger partial charge >= 0.3 is 0 Å². The van der Waals surface area contributed by atoms with Crippen LogP contribution in [0.3, 0.4) is 0 Å². The molecule has 0 N–H and O–H groups in total. The van der Waals surface area contributed by atoms with Crippen LogP contribution in [-0.2, 0) is 0 Å². The molecule has 0 amide bonds. The Hall–Kier alpha value is -1.53. The Kier molecular flexibility index (Phi) is 5.51. The molecule has 0 saturated heterocycles. The second kappa shape index (κ2) is 6.93. The van der Waals surface area contributed by atoms with Crippen molar-refractivity contribution in [3.8, 4) is 11.8 Å². The van der Waals surface area contributed by atoms with Crippen LogP contribution in [0, 0.1) is 11.3 Å². The number of hydrogen-bond acceptors (Lipinski definition) is 3. The SMILES string of the molecule is CCCN(C)C(C#N)c1ccc(OCC)cc1. The molecule has 1 aromatic carbocycles. The highest BCUT2D eigenvalue weighted by molar-refractivity contribution is 5.31. The van der Waals surface area contributed by atoms with E-state index >= 15 is 0 Å². The summed E-state index contributed by atoms with van der Waals surface area (Å²) in [6, 6.07) is 9.93. The van der Waals surface area contributed by atoms with Crippen molar-refractivity contribution >= 4 is 0 Å². The maximum atomic E-state index is 9.23. The van der Waals surface area contributed by atoms with Gasteiger partial charge in [0.1, 0.15) is 11.8 Å². The number of benzene rings is 1. The molecule has 0 bridgehead atoms. The summed E-state index contributed by atoms with van der Waals surface area (Å²) in [5.74, 6) is 0.853. The van der Waals surface area contributed by atoms with Crippen molar-refractivity contribution in [2.24, 2.45) is 0 Å². The van der Waals surface area contributed by atoms with Crippen molar-refractivity contribution in [2.75, 3.05) is 20.2 Å². The van der Waals surface area contributed by atoms with Gasteiger partial charge in [-0.3, -0.25) is 4.90 Å². The summed E-state index contributed by atoms with van der Waals surface area (Å²) in [7, 11) is 1.98. The van der Waals surface area contributed by atoms with Crippen LogP contribution in [-0.4, -0.2) is 25.1 Å². The Labute approximate surface area is 104 Å². The lowest BCUT2D eigenvalue weighted by molar-refractivity contribution is 0.291. The van der Waals surface area contributed by atoms with Crippen LogP contribution in [0.1, 0.15) is 31.9 Å². The minimum absolute atomic E-state index is 0.175. The van der Waals surface area contributed by atoms with E-state index in [4.69, 9.17) is 4.74 Å². The molecule has 17 heavy (non-hydrogen) atoms. The molecule has 1 rings (SSSR count). The summed E-state index contributed by atoms with van der Waals surface area (Å²) >= 11 is 0. The average Bonchev–Trinajstić information content (AvgIpc) is 2.33. The second-order valence-electron chi connectivity index (χ2n) is 4.01. The molecule has 0 aliphatic heterocycles. The maximum absolute atomic E-state index is 9.23. The van der Waals surface area contributed by atoms with Crippen LogP contribution in [0.15, 0.2) is 24.3 Å². The molecule has 0 aromatic heterocycles. The molecule has 0 saturated carbocycles. The van der Waals surface area contributed by atoms with Gasteiger partial charge in [0.2, 0.25) is 0 Å². The van der Waals surface area contributed by atoms with E-state index in [1.165, 1.54) is 0 Å². The van der Waals surface area contributed by atoms with Gasteiger partial charge in [-0.1, -0.05) is 19.1 Å². The van der Waals surface area contributed by atoms with Crippen molar-refractivity contribution in [1.82, 2.24) is 4.90 Å². The van der Waals surface area contributed by atoms with E-state index < -0.39 is 0 Å². The van der Waals surface area contributed by atoms with Gasteiger partial charge < -0.3 is 4.74 Å². The molecule has 3 nitrogen and oxygen atoms in total. The van der Waals surface area contributed by atoms with Gasteiger partial charge in [0, 0.05) is 0 Å². The summed E-state index contributed by atoms with van der Waals surface area (Å²) in [5, 5.41) is 9.23. The first-order valence-electron chi connectivity index (χ1n) is 6.05. The van der Waals surface area contributed by atoms with Crippen molar-refractivity contribution < 1.29 is 4.74 Å². The Morgan fingerprint density at radius 1 is 1.29 bits per heavy atom. The fraction of sp³-hybridized carbons (Fsp3) is 0.500. The van der Waals surface area contributed by atoms with Gasteiger partial charge in [-0.15, -0.1) is 0 Å². The standard InChI is InChI=1S/C14H20N2O/c1-4-10-16(3)14(11-15)12-6-8-13(9-7-12)17-5-2/h6-9,14H,4-5,10H2,1-3H3. The third-order valence-corrected chi connectivity index (χ3v) is 2.65. The minimum atomic E-state index is -0.175. The molecule has 0 fully saturated rings. The molecule has 92 valence electrons. The van der Waals surface area contributed by atoms with E-state index in [1.807, 2.05) is 38.2 Å². The first-order chi connectivity index (χ1) is 8.22. The quantitative estimate of drug-likeness (QED) is 0.756. The number of hydrogen-bond donors (Lipinski definition) is 0. The zero-order chi connectivity index (χ0) is 12.7. The highest BCUT2D eigenvalue weighted by atomic mass is 16.5. The summed E-state index contributed by atoms with van der Waals surface area (Å²) in [4.78, 5) is 2.07. The van der Waals surface area contributed by atoms with Gasteiger partial charge in [0.05, 0.1) is 12.7 Å². The van der Waals surface area contributed by atoms with E-state index in [-0.39, 0.29) is 6.04 Å². The predicted octanol–water partition coefficient (Wildman–Crippen LogP) is 2.99. The predicted molar refractivity (Wildman–Crippen MR) is 68.9 cm³/mol. The van der Waals surface area contributed by atoms with E-state index in [0.717, 1.165) is 24.3 Å². The van der Waals surface area contributed by atoms with Gasteiger partial charge in [-0.2, -0.15) is 5.26 Å². The van der Waals surface area contributed by atoms with Crippen LogP contribution in [0.5, 0.6) is 5.75 Å². The Balaban J connectivity index is 2.79. The van der Waals surface area contributed by atoms with E-state index in [0.29, 0.717) is 6.61 Å². The largest absolute Gasteiger partial charge is 0.494 e. The normalized spacial score (nSPS) is 12.2. The highest BCUT2D eigenvalue weighted by Gasteiger charge is 2.15. The Bertz CT molecular complexity index is 367. The molecule has 0 radical (unpaired) electrons. The van der Waals surface area contributed by atoms with E-state index in [1.54, 1.807) is 0 Å². The number of rotatable bonds is 6. The van der Waals surface area contributed by atoms with Gasteiger partial charge in [0.15, 0.2) is 0 Å². The van der Waals surface area contributed by atoms with Crippen LogP contribution in [0.4, 0.5) is 0 Å². The average molecular weight is 232 g/mol. The molecule has 0 aliphatic rings. The first kappa shape index (κ1) is 13.5. The third kappa shape index (κ3) is 3.76. The highest BCUT2D eigenvalue weighted by Crippen LogP contribution is 2.21. The van der Waals surface area contributed by atoms with Crippen molar-refractivity contribution in [3.63, 3.8) is 0 Å². The molecule has 0 spiro atoms. The molecule has 1 atom stereocenters. The van der Waals surface area contributed by atoms with Crippen molar-refractivity contribution in [3.05, 3.63) is 29.8 Å². The smallest absolute Gasteiger partial charge is 0.123 e. The number of nitrogens with zero attached hydrogens (tertiary/aromatic N) is 2. The third-order valence-electron chi connectivity index (χ3n) is 2.65. The lowest BCUT2D eigenvalue weighted by atomic mass is 10.1. The van der Waals surface area contributed by atoms with Crippen LogP contribution in [0.2, 0.25) is 0 Å². The van der Waals surface area contributed by atoms with Crippen LogP contribution < -0.4 is 4.74 Å². The van der Waals surface area contributed by atoms with E-state index in [9.17, 15) is 5.26 Å². The Morgan fingerprint density at radius 3 is 2.41 bits per heavy atom. The summed E-state index contributed by atoms with van der Waals surface area (Å²) in [5.41, 5.74) is 1.02. The Morgan fingerprint density at radius 2 is 1.94 bits per heavy atom. The van der Waals surface area contributed by atoms with Crippen LogP contribution >= 0.6 is 0 Å². The minimum Gasteiger partial charge on any atom is -0.494 e. The monoisotopic (exact) mass is 232 g/mol. The molecule has 0 aliphatic carbocycles. The lowest BCUT2D eigenvalue weighted by Gasteiger charge is -2.22. The summed E-state index contributed by atoms with van der Waals surface area (Å²) < 4.78 is 5.39. The van der Waals surface area contributed by atoms with Gasteiger partial charge in [0.25, 0.3) is 0 Å². The molecule has 0 heterocycles. The number of nitriles is 1. The fourth-order valence-electron chi connectivity index (χ4n) is 1.82. The molecular formula is C14H20N2O. The van der Waals surface area contributed by atoms with Gasteiger partial charge in [-0.25, -0.2) is 0 Å². The van der Waals surface area contributed by atoms with Crippen molar-refractivity contribution in [1.29, 1.82) is 5.26 Å². The zero-order valence-corrected chi connectivity index (χ0v) is 10.8. The second-order valence-corrected chi connectivity index (χ2v) is 4.01. The molecular weight excluding hydrogens is 212 g/mol. The van der Waals surface area contributed by atoms with Crippen LogP contribution in [0.25, 0.3) is 0 Å². The van der Waals surface area contributed by atoms with E-state index in [2.05, 4.69) is 17.9 Å². The summed E-state index contributed by atoms with van der Waals surface area (Å²) in [6.07, 6.45) is 1.05.